The zero-order valence-electron chi connectivity index (χ0n) is 32.2. The fourth-order valence-corrected chi connectivity index (χ4v) is 5.52. The Balaban J connectivity index is 4.40. The molecule has 0 N–H and O–H groups in total. The number of carbonyl (C=O) groups is 3. The highest BCUT2D eigenvalue weighted by Crippen LogP contribution is 2.13. The third-order valence-electron chi connectivity index (χ3n) is 8.63. The number of hydrogen-bond donors (Lipinski definition) is 0. The molecule has 0 bridgehead atoms. The van der Waals surface area contributed by atoms with Crippen LogP contribution in [-0.2, 0) is 28.6 Å². The van der Waals surface area contributed by atoms with Crippen LogP contribution in [0.1, 0.15) is 201 Å². The maximum atomic E-state index is 12.6. The maximum absolute atomic E-state index is 12.6. The van der Waals surface area contributed by atoms with Crippen LogP contribution in [0.5, 0.6) is 0 Å². The van der Waals surface area contributed by atoms with E-state index < -0.39 is 6.10 Å². The van der Waals surface area contributed by atoms with Crippen LogP contribution in [0.25, 0.3) is 0 Å². The van der Waals surface area contributed by atoms with E-state index in [-0.39, 0.29) is 31.1 Å². The average molecular weight is 689 g/mol. The standard InChI is InChI=1S/C43H76O6/c1-4-7-10-13-16-19-21-22-25-27-30-33-36-42(45)48-39-40(38-47-41(44)35-32-29-26-23-18-15-12-9-6-3)49-43(46)37-34-31-28-24-20-17-14-11-8-5-2/h7,10,14,16-17,19,40H,4-6,8-9,11-13,15,18,20-39H2,1-3H3/b10-7-,17-14-,19-16-. The van der Waals surface area contributed by atoms with Crippen LogP contribution in [0.4, 0.5) is 0 Å². The lowest BCUT2D eigenvalue weighted by Crippen LogP contribution is -2.30. The molecule has 284 valence electrons. The Morgan fingerprint density at radius 1 is 0.429 bits per heavy atom. The molecule has 0 aliphatic rings. The van der Waals surface area contributed by atoms with Crippen LogP contribution in [-0.4, -0.2) is 37.2 Å². The van der Waals surface area contributed by atoms with Crippen molar-refractivity contribution in [2.45, 2.75) is 207 Å². The second kappa shape index (κ2) is 38.4. The number of carbonyl (C=O) groups excluding carboxylic acids is 3. The molecule has 0 aromatic carbocycles. The minimum Gasteiger partial charge on any atom is -0.462 e. The van der Waals surface area contributed by atoms with Gasteiger partial charge in [0, 0.05) is 19.3 Å². The van der Waals surface area contributed by atoms with Crippen LogP contribution in [0, 0.1) is 0 Å². The van der Waals surface area contributed by atoms with Crippen molar-refractivity contribution < 1.29 is 28.6 Å². The SMILES string of the molecule is CC/C=C\C/C=C\CCCCCCCC(=O)OCC(COC(=O)CCCCCCCCCCC)OC(=O)CCCCCC/C=C\CCCC. The second-order valence-corrected chi connectivity index (χ2v) is 13.5. The molecule has 0 aliphatic heterocycles. The molecule has 0 saturated carbocycles. The molecule has 1 unspecified atom stereocenters. The molecule has 0 fully saturated rings. The summed E-state index contributed by atoms with van der Waals surface area (Å²) in [7, 11) is 0. The quantitative estimate of drug-likeness (QED) is 0.0282. The van der Waals surface area contributed by atoms with Gasteiger partial charge in [0.1, 0.15) is 13.2 Å². The first-order chi connectivity index (χ1) is 24.0. The van der Waals surface area contributed by atoms with Gasteiger partial charge in [0.25, 0.3) is 0 Å². The number of rotatable bonds is 36. The fourth-order valence-electron chi connectivity index (χ4n) is 5.52. The topological polar surface area (TPSA) is 78.9 Å². The Bertz CT molecular complexity index is 845. The molecule has 0 saturated heterocycles. The molecule has 0 aromatic heterocycles. The molecule has 0 rings (SSSR count). The van der Waals surface area contributed by atoms with Crippen molar-refractivity contribution in [3.8, 4) is 0 Å². The molecular weight excluding hydrogens is 612 g/mol. The summed E-state index contributed by atoms with van der Waals surface area (Å²) in [5, 5.41) is 0. The highest BCUT2D eigenvalue weighted by molar-refractivity contribution is 5.71. The molecule has 6 nitrogen and oxygen atoms in total. The molecule has 0 amide bonds. The lowest BCUT2D eigenvalue weighted by molar-refractivity contribution is -0.167. The van der Waals surface area contributed by atoms with E-state index in [2.05, 4.69) is 57.2 Å². The Labute approximate surface area is 302 Å². The van der Waals surface area contributed by atoms with Gasteiger partial charge in [-0.1, -0.05) is 154 Å². The summed E-state index contributed by atoms with van der Waals surface area (Å²) in [6.45, 7) is 6.42. The average Bonchev–Trinajstić information content (AvgIpc) is 3.10. The molecule has 0 aromatic rings. The van der Waals surface area contributed by atoms with Gasteiger partial charge >= 0.3 is 17.9 Å². The Kier molecular flexibility index (Phi) is 36.6. The first kappa shape index (κ1) is 46.6. The lowest BCUT2D eigenvalue weighted by Gasteiger charge is -2.18. The fraction of sp³-hybridized carbons (Fsp3) is 0.791. The largest absolute Gasteiger partial charge is 0.462 e. The minimum absolute atomic E-state index is 0.0804. The van der Waals surface area contributed by atoms with E-state index in [0.29, 0.717) is 19.3 Å². The van der Waals surface area contributed by atoms with Gasteiger partial charge in [-0.05, 0) is 64.2 Å². The summed E-state index contributed by atoms with van der Waals surface area (Å²) in [6.07, 6.45) is 41.3. The van der Waals surface area contributed by atoms with Gasteiger partial charge in [-0.2, -0.15) is 0 Å². The smallest absolute Gasteiger partial charge is 0.306 e. The number of unbranched alkanes of at least 4 members (excludes halogenated alkanes) is 19. The van der Waals surface area contributed by atoms with Gasteiger partial charge < -0.3 is 14.2 Å². The second-order valence-electron chi connectivity index (χ2n) is 13.5. The molecule has 0 radical (unpaired) electrons. The number of esters is 3. The van der Waals surface area contributed by atoms with E-state index in [1.54, 1.807) is 0 Å². The van der Waals surface area contributed by atoms with E-state index in [9.17, 15) is 14.4 Å². The van der Waals surface area contributed by atoms with E-state index in [1.165, 1.54) is 57.8 Å². The van der Waals surface area contributed by atoms with E-state index in [1.807, 2.05) is 0 Å². The molecular formula is C43H76O6. The molecule has 1 atom stereocenters. The van der Waals surface area contributed by atoms with Gasteiger partial charge in [0.15, 0.2) is 6.10 Å². The summed E-state index contributed by atoms with van der Waals surface area (Å²) >= 11 is 0. The predicted octanol–water partition coefficient (Wildman–Crippen LogP) is 12.6. The van der Waals surface area contributed by atoms with Gasteiger partial charge in [-0.3, -0.25) is 14.4 Å². The highest BCUT2D eigenvalue weighted by atomic mass is 16.6. The monoisotopic (exact) mass is 689 g/mol. The van der Waals surface area contributed by atoms with Crippen molar-refractivity contribution in [1.29, 1.82) is 0 Å². The van der Waals surface area contributed by atoms with Gasteiger partial charge in [-0.25, -0.2) is 0 Å². The first-order valence-corrected chi connectivity index (χ1v) is 20.5. The number of ether oxygens (including phenoxy) is 3. The zero-order valence-corrected chi connectivity index (χ0v) is 32.2. The number of hydrogen-bond acceptors (Lipinski definition) is 6. The van der Waals surface area contributed by atoms with Gasteiger partial charge in [0.2, 0.25) is 0 Å². The molecule has 0 spiro atoms. The van der Waals surface area contributed by atoms with Crippen molar-refractivity contribution in [3.63, 3.8) is 0 Å². The van der Waals surface area contributed by atoms with Crippen molar-refractivity contribution in [2.24, 2.45) is 0 Å². The summed E-state index contributed by atoms with van der Waals surface area (Å²) in [5.74, 6) is -0.917. The van der Waals surface area contributed by atoms with E-state index in [0.717, 1.165) is 103 Å². The van der Waals surface area contributed by atoms with Crippen LogP contribution in [0.3, 0.4) is 0 Å². The van der Waals surface area contributed by atoms with Crippen molar-refractivity contribution in [1.82, 2.24) is 0 Å². The van der Waals surface area contributed by atoms with E-state index >= 15 is 0 Å². The van der Waals surface area contributed by atoms with Gasteiger partial charge in [-0.15, -0.1) is 0 Å². The predicted molar refractivity (Wildman–Crippen MR) is 206 cm³/mol. The molecule has 0 heterocycles. The first-order valence-electron chi connectivity index (χ1n) is 20.5. The minimum atomic E-state index is -0.776. The normalized spacial score (nSPS) is 12.3. The van der Waals surface area contributed by atoms with Crippen molar-refractivity contribution >= 4 is 17.9 Å². The summed E-state index contributed by atoms with van der Waals surface area (Å²) in [6, 6.07) is 0. The zero-order chi connectivity index (χ0) is 35.9. The molecule has 49 heavy (non-hydrogen) atoms. The summed E-state index contributed by atoms with van der Waals surface area (Å²) < 4.78 is 16.6. The Morgan fingerprint density at radius 2 is 0.816 bits per heavy atom. The lowest BCUT2D eigenvalue weighted by atomic mass is 10.1. The molecule has 0 aliphatic carbocycles. The third kappa shape index (κ3) is 36.7. The van der Waals surface area contributed by atoms with Crippen molar-refractivity contribution in [2.75, 3.05) is 13.2 Å². The van der Waals surface area contributed by atoms with E-state index in [4.69, 9.17) is 14.2 Å². The third-order valence-corrected chi connectivity index (χ3v) is 8.63. The van der Waals surface area contributed by atoms with Crippen LogP contribution in [0.15, 0.2) is 36.5 Å². The van der Waals surface area contributed by atoms with Crippen LogP contribution < -0.4 is 0 Å². The Morgan fingerprint density at radius 3 is 1.31 bits per heavy atom. The Hall–Kier alpha value is -2.37. The highest BCUT2D eigenvalue weighted by Gasteiger charge is 2.19. The van der Waals surface area contributed by atoms with Crippen LogP contribution >= 0.6 is 0 Å². The van der Waals surface area contributed by atoms with Gasteiger partial charge in [0.05, 0.1) is 0 Å². The summed E-state index contributed by atoms with van der Waals surface area (Å²) in [4.78, 5) is 37.5. The number of allylic oxidation sites excluding steroid dienone is 6. The molecule has 6 heteroatoms. The summed E-state index contributed by atoms with van der Waals surface area (Å²) in [5.41, 5.74) is 0. The van der Waals surface area contributed by atoms with Crippen molar-refractivity contribution in [3.05, 3.63) is 36.5 Å². The van der Waals surface area contributed by atoms with Crippen LogP contribution in [0.2, 0.25) is 0 Å². The maximum Gasteiger partial charge on any atom is 0.306 e.